The van der Waals surface area contributed by atoms with Crippen molar-refractivity contribution in [3.05, 3.63) is 23.2 Å². The van der Waals surface area contributed by atoms with Crippen molar-refractivity contribution >= 4 is 23.1 Å². The van der Waals surface area contributed by atoms with Crippen molar-refractivity contribution in [2.45, 2.75) is 19.3 Å². The minimum absolute atomic E-state index is 0.114. The number of amidine groups is 1. The lowest BCUT2D eigenvalue weighted by Gasteiger charge is -2.16. The van der Waals surface area contributed by atoms with Crippen molar-refractivity contribution in [2.24, 2.45) is 16.3 Å². The van der Waals surface area contributed by atoms with Crippen LogP contribution in [0, 0.1) is 5.41 Å². The maximum Gasteiger partial charge on any atom is 0.139 e. The minimum Gasteiger partial charge on any atom is -0.495 e. The quantitative estimate of drug-likeness (QED) is 0.324. The molecule has 1 aromatic rings. The number of methoxy groups -OCH3 is 1. The first-order valence-electron chi connectivity index (χ1n) is 6.12. The van der Waals surface area contributed by atoms with E-state index >= 15 is 0 Å². The summed E-state index contributed by atoms with van der Waals surface area (Å²) in [7, 11) is 1.59. The second-order valence-electron chi connectivity index (χ2n) is 4.97. The smallest absolute Gasteiger partial charge is 0.139 e. The van der Waals surface area contributed by atoms with Crippen LogP contribution in [0.3, 0.4) is 0 Å². The number of nitrogens with one attached hydrogen (secondary N) is 1. The topological polar surface area (TPSA) is 79.9 Å². The van der Waals surface area contributed by atoms with Gasteiger partial charge in [-0.1, -0.05) is 16.8 Å². The van der Waals surface area contributed by atoms with Gasteiger partial charge in [0.05, 0.1) is 12.1 Å². The maximum atomic E-state index is 8.62. The molecule has 5 nitrogen and oxygen atoms in total. The molecule has 1 fully saturated rings. The maximum absolute atomic E-state index is 8.62. The Kier molecular flexibility index (Phi) is 4.04. The average molecular weight is 284 g/mol. The second-order valence-corrected chi connectivity index (χ2v) is 5.38. The van der Waals surface area contributed by atoms with Gasteiger partial charge in [0.15, 0.2) is 0 Å². The lowest BCUT2D eigenvalue weighted by Crippen LogP contribution is -2.23. The Bertz CT molecular complexity index is 487. The van der Waals surface area contributed by atoms with E-state index in [2.05, 4.69) is 10.5 Å². The standard InChI is InChI=1S/C13H18ClN3O2/c1-19-11-3-2-9(6-10(11)14)16-8-13(4-5-13)7-12(15)17-18/h2-3,6,16,18H,4-5,7-8H2,1H3,(H2,15,17). The highest BCUT2D eigenvalue weighted by Crippen LogP contribution is 2.48. The Morgan fingerprint density at radius 1 is 1.58 bits per heavy atom. The molecule has 0 aliphatic heterocycles. The predicted octanol–water partition coefficient (Wildman–Crippen LogP) is 2.68. The van der Waals surface area contributed by atoms with Gasteiger partial charge in [0.2, 0.25) is 0 Å². The number of nitrogens with zero attached hydrogens (tertiary/aromatic N) is 1. The summed E-state index contributed by atoms with van der Waals surface area (Å²) in [6.07, 6.45) is 2.78. The van der Waals surface area contributed by atoms with Crippen molar-refractivity contribution in [2.75, 3.05) is 19.0 Å². The van der Waals surface area contributed by atoms with Crippen LogP contribution in [0.15, 0.2) is 23.4 Å². The molecule has 6 heteroatoms. The van der Waals surface area contributed by atoms with Crippen molar-refractivity contribution in [1.82, 2.24) is 0 Å². The van der Waals surface area contributed by atoms with E-state index in [9.17, 15) is 0 Å². The van der Waals surface area contributed by atoms with E-state index in [4.69, 9.17) is 27.3 Å². The molecule has 0 amide bonds. The van der Waals surface area contributed by atoms with Crippen molar-refractivity contribution in [3.8, 4) is 5.75 Å². The largest absolute Gasteiger partial charge is 0.495 e. The normalized spacial score (nSPS) is 17.1. The van der Waals surface area contributed by atoms with Crippen molar-refractivity contribution < 1.29 is 9.94 Å². The van der Waals surface area contributed by atoms with Crippen LogP contribution in [0.2, 0.25) is 5.02 Å². The lowest BCUT2D eigenvalue weighted by atomic mass is 10.0. The summed E-state index contributed by atoms with van der Waals surface area (Å²) in [6.45, 7) is 0.784. The Morgan fingerprint density at radius 3 is 2.84 bits per heavy atom. The molecule has 104 valence electrons. The number of hydrogen-bond acceptors (Lipinski definition) is 4. The van der Waals surface area contributed by atoms with Gasteiger partial charge in [0.1, 0.15) is 11.6 Å². The SMILES string of the molecule is COc1ccc(NCC2(CC(N)=NO)CC2)cc1Cl. The summed E-state index contributed by atoms with van der Waals surface area (Å²) in [5, 5.41) is 15.6. The van der Waals surface area contributed by atoms with E-state index in [1.807, 2.05) is 18.2 Å². The van der Waals surface area contributed by atoms with Crippen LogP contribution < -0.4 is 15.8 Å². The molecule has 0 saturated heterocycles. The second kappa shape index (κ2) is 5.57. The third kappa shape index (κ3) is 3.44. The summed E-state index contributed by atoms with van der Waals surface area (Å²) in [4.78, 5) is 0. The molecule has 0 aromatic heterocycles. The molecule has 0 bridgehead atoms. The number of hydrogen-bond donors (Lipinski definition) is 3. The van der Waals surface area contributed by atoms with E-state index in [0.29, 0.717) is 17.2 Å². The molecule has 1 aromatic carbocycles. The van der Waals surface area contributed by atoms with E-state index in [-0.39, 0.29) is 11.3 Å². The van der Waals surface area contributed by atoms with Gasteiger partial charge in [0.25, 0.3) is 0 Å². The van der Waals surface area contributed by atoms with Gasteiger partial charge in [0, 0.05) is 18.7 Å². The zero-order chi connectivity index (χ0) is 13.9. The summed E-state index contributed by atoms with van der Waals surface area (Å²) in [5.74, 6) is 0.942. The van der Waals surface area contributed by atoms with Gasteiger partial charge >= 0.3 is 0 Å². The van der Waals surface area contributed by atoms with Gasteiger partial charge in [-0.15, -0.1) is 0 Å². The molecular weight excluding hydrogens is 266 g/mol. The first kappa shape index (κ1) is 13.8. The van der Waals surface area contributed by atoms with Gasteiger partial charge in [-0.05, 0) is 36.5 Å². The highest BCUT2D eigenvalue weighted by atomic mass is 35.5. The predicted molar refractivity (Wildman–Crippen MR) is 76.2 cm³/mol. The van der Waals surface area contributed by atoms with Crippen LogP contribution in [-0.2, 0) is 0 Å². The highest BCUT2D eigenvalue weighted by Gasteiger charge is 2.43. The fourth-order valence-electron chi connectivity index (χ4n) is 2.08. The van der Waals surface area contributed by atoms with E-state index in [1.165, 1.54) is 0 Å². The molecule has 0 spiro atoms. The van der Waals surface area contributed by atoms with Gasteiger partial charge in [-0.2, -0.15) is 0 Å². The fraction of sp³-hybridized carbons (Fsp3) is 0.462. The molecule has 0 unspecified atom stereocenters. The summed E-state index contributed by atoms with van der Waals surface area (Å²) >= 11 is 6.06. The Hall–Kier alpha value is -1.62. The zero-order valence-electron chi connectivity index (χ0n) is 10.8. The summed E-state index contributed by atoms with van der Waals surface area (Å²) in [5.41, 5.74) is 6.62. The fourth-order valence-corrected chi connectivity index (χ4v) is 2.34. The van der Waals surface area contributed by atoms with Crippen LogP contribution in [-0.4, -0.2) is 24.7 Å². The third-order valence-electron chi connectivity index (χ3n) is 3.46. The van der Waals surface area contributed by atoms with Crippen LogP contribution in [0.5, 0.6) is 5.75 Å². The van der Waals surface area contributed by atoms with Crippen LogP contribution in [0.25, 0.3) is 0 Å². The Morgan fingerprint density at radius 2 is 2.32 bits per heavy atom. The number of ether oxygens (including phenoxy) is 1. The molecule has 1 aliphatic carbocycles. The first-order valence-corrected chi connectivity index (χ1v) is 6.50. The molecule has 0 heterocycles. The highest BCUT2D eigenvalue weighted by molar-refractivity contribution is 6.32. The van der Waals surface area contributed by atoms with Crippen LogP contribution in [0.4, 0.5) is 5.69 Å². The van der Waals surface area contributed by atoms with Crippen LogP contribution >= 0.6 is 11.6 Å². The lowest BCUT2D eigenvalue weighted by molar-refractivity contribution is 0.315. The van der Waals surface area contributed by atoms with E-state index < -0.39 is 0 Å². The minimum atomic E-state index is 0.114. The van der Waals surface area contributed by atoms with E-state index in [0.717, 1.165) is 25.1 Å². The molecule has 2 rings (SSSR count). The summed E-state index contributed by atoms with van der Waals surface area (Å²) in [6, 6.07) is 5.58. The third-order valence-corrected chi connectivity index (χ3v) is 3.76. The molecule has 1 saturated carbocycles. The van der Waals surface area contributed by atoms with Gasteiger partial charge in [-0.25, -0.2) is 0 Å². The number of anilines is 1. The molecule has 4 N–H and O–H groups in total. The average Bonchev–Trinajstić information content (AvgIpc) is 3.16. The van der Waals surface area contributed by atoms with E-state index in [1.54, 1.807) is 7.11 Å². The molecule has 1 aliphatic rings. The number of oxime groups is 1. The van der Waals surface area contributed by atoms with Crippen LogP contribution in [0.1, 0.15) is 19.3 Å². The number of nitrogens with two attached hydrogens (primary N) is 1. The Labute approximate surface area is 117 Å². The van der Waals surface area contributed by atoms with Gasteiger partial charge in [-0.3, -0.25) is 0 Å². The molecular formula is C13H18ClN3O2. The van der Waals surface area contributed by atoms with Gasteiger partial charge < -0.3 is 21.0 Å². The molecule has 19 heavy (non-hydrogen) atoms. The monoisotopic (exact) mass is 283 g/mol. The molecule has 0 radical (unpaired) electrons. The number of rotatable bonds is 6. The summed E-state index contributed by atoms with van der Waals surface area (Å²) < 4.78 is 5.11. The van der Waals surface area contributed by atoms with Crippen molar-refractivity contribution in [3.63, 3.8) is 0 Å². The zero-order valence-corrected chi connectivity index (χ0v) is 11.6. The number of benzene rings is 1. The molecule has 0 atom stereocenters. The number of halogens is 1. The first-order chi connectivity index (χ1) is 9.08. The Balaban J connectivity index is 1.94. The van der Waals surface area contributed by atoms with Crippen molar-refractivity contribution in [1.29, 1.82) is 0 Å².